The lowest BCUT2D eigenvalue weighted by Crippen LogP contribution is -1.93. The van der Waals surface area contributed by atoms with Gasteiger partial charge in [-0.25, -0.2) is 0 Å². The largest absolute Gasteiger partial charge is 0.344 e. The molecule has 2 nitrogen and oxygen atoms in total. The first-order valence-electron chi connectivity index (χ1n) is 11.8. The van der Waals surface area contributed by atoms with Crippen molar-refractivity contribution in [3.05, 3.63) is 115 Å². The molecule has 0 N–H and O–H groups in total. The Morgan fingerprint density at radius 1 is 0.471 bits per heavy atom. The van der Waals surface area contributed by atoms with Crippen LogP contribution in [0.3, 0.4) is 0 Å². The number of para-hydroxylation sites is 2. The van der Waals surface area contributed by atoms with Gasteiger partial charge < -0.3 is 9.13 Å². The van der Waals surface area contributed by atoms with E-state index in [1.807, 2.05) is 0 Å². The van der Waals surface area contributed by atoms with Crippen molar-refractivity contribution >= 4 is 43.6 Å². The van der Waals surface area contributed by atoms with Crippen LogP contribution in [-0.2, 0) is 7.05 Å². The highest BCUT2D eigenvalue weighted by molar-refractivity contribution is 6.11. The molecule has 0 atom stereocenters. The molecule has 2 heteroatoms. The van der Waals surface area contributed by atoms with Crippen molar-refractivity contribution < 1.29 is 0 Å². The number of hydrogen-bond acceptors (Lipinski definition) is 0. The summed E-state index contributed by atoms with van der Waals surface area (Å²) in [5.74, 6) is 0. The van der Waals surface area contributed by atoms with E-state index in [4.69, 9.17) is 0 Å². The highest BCUT2D eigenvalue weighted by Crippen LogP contribution is 2.36. The SMILES string of the molecule is Cc1ccc(-n2c3ccccc3c3cc(-c4ccc5c6ccccc6n(C)c5c4)ccc32)cc1. The first kappa shape index (κ1) is 19.2. The summed E-state index contributed by atoms with van der Waals surface area (Å²) in [6.07, 6.45) is 0. The Bertz CT molecular complexity index is 1860. The third-order valence-electron chi connectivity index (χ3n) is 7.21. The van der Waals surface area contributed by atoms with Crippen LogP contribution in [0.2, 0.25) is 0 Å². The second-order valence-electron chi connectivity index (χ2n) is 9.23. The molecule has 0 bridgehead atoms. The summed E-state index contributed by atoms with van der Waals surface area (Å²) in [7, 11) is 2.16. The number of aromatic nitrogens is 2. The van der Waals surface area contributed by atoms with Gasteiger partial charge in [0.15, 0.2) is 0 Å². The average molecular weight is 437 g/mol. The van der Waals surface area contributed by atoms with Gasteiger partial charge >= 0.3 is 0 Å². The highest BCUT2D eigenvalue weighted by Gasteiger charge is 2.14. The van der Waals surface area contributed by atoms with E-state index in [9.17, 15) is 0 Å². The molecular formula is C32H24N2. The number of hydrogen-bond donors (Lipinski definition) is 0. The molecule has 0 aliphatic carbocycles. The fraction of sp³-hybridized carbons (Fsp3) is 0.0625. The van der Waals surface area contributed by atoms with Crippen molar-refractivity contribution in [3.63, 3.8) is 0 Å². The van der Waals surface area contributed by atoms with Crippen LogP contribution in [-0.4, -0.2) is 9.13 Å². The Hall–Kier alpha value is -4.30. The molecule has 0 fully saturated rings. The Labute approximate surface area is 198 Å². The van der Waals surface area contributed by atoms with Crippen LogP contribution in [0.15, 0.2) is 109 Å². The molecule has 0 aliphatic rings. The van der Waals surface area contributed by atoms with Gasteiger partial charge in [-0.15, -0.1) is 0 Å². The first-order valence-corrected chi connectivity index (χ1v) is 11.8. The van der Waals surface area contributed by atoms with E-state index in [0.29, 0.717) is 0 Å². The quantitative estimate of drug-likeness (QED) is 0.257. The molecule has 0 radical (unpaired) electrons. The molecular weight excluding hydrogens is 412 g/mol. The summed E-state index contributed by atoms with van der Waals surface area (Å²) in [4.78, 5) is 0. The maximum Gasteiger partial charge on any atom is 0.0541 e. The molecule has 2 aromatic heterocycles. The van der Waals surface area contributed by atoms with Crippen molar-refractivity contribution in [1.29, 1.82) is 0 Å². The topological polar surface area (TPSA) is 9.86 Å². The van der Waals surface area contributed by atoms with Crippen LogP contribution < -0.4 is 0 Å². The van der Waals surface area contributed by atoms with E-state index in [1.165, 1.54) is 66.0 Å². The summed E-state index contributed by atoms with van der Waals surface area (Å²) >= 11 is 0. The number of benzene rings is 5. The van der Waals surface area contributed by atoms with Gasteiger partial charge in [-0.3, -0.25) is 0 Å². The smallest absolute Gasteiger partial charge is 0.0541 e. The van der Waals surface area contributed by atoms with Crippen LogP contribution in [0.5, 0.6) is 0 Å². The van der Waals surface area contributed by atoms with E-state index >= 15 is 0 Å². The van der Waals surface area contributed by atoms with Crippen LogP contribution in [0.4, 0.5) is 0 Å². The molecule has 0 unspecified atom stereocenters. The molecule has 2 heterocycles. The normalized spacial score (nSPS) is 11.8. The zero-order chi connectivity index (χ0) is 22.8. The Kier molecular flexibility index (Phi) is 4.01. The van der Waals surface area contributed by atoms with Crippen molar-refractivity contribution in [1.82, 2.24) is 9.13 Å². The molecule has 7 aromatic rings. The molecule has 0 aliphatic heterocycles. The lowest BCUT2D eigenvalue weighted by Gasteiger charge is -2.09. The van der Waals surface area contributed by atoms with Crippen molar-refractivity contribution in [2.75, 3.05) is 0 Å². The van der Waals surface area contributed by atoms with Gasteiger partial charge in [0.2, 0.25) is 0 Å². The molecule has 34 heavy (non-hydrogen) atoms. The summed E-state index contributed by atoms with van der Waals surface area (Å²) in [5, 5.41) is 5.18. The maximum absolute atomic E-state index is 2.38. The summed E-state index contributed by atoms with van der Waals surface area (Å²) in [5.41, 5.74) is 9.96. The standard InChI is InChI=1S/C32H24N2/c1-21-11-15-24(16-12-21)34-30-10-6-4-8-26(30)28-19-22(14-18-31(28)34)23-13-17-27-25-7-3-5-9-29(25)33(2)32(27)20-23/h3-20H,1-2H3. The van der Waals surface area contributed by atoms with Gasteiger partial charge in [-0.2, -0.15) is 0 Å². The number of rotatable bonds is 2. The number of fused-ring (bicyclic) bond motifs is 6. The van der Waals surface area contributed by atoms with Gasteiger partial charge in [-0.05, 0) is 60.5 Å². The zero-order valence-corrected chi connectivity index (χ0v) is 19.3. The summed E-state index contributed by atoms with van der Waals surface area (Å²) in [6, 6.07) is 39.9. The second kappa shape index (κ2) is 7.10. The van der Waals surface area contributed by atoms with Crippen molar-refractivity contribution in [3.8, 4) is 16.8 Å². The van der Waals surface area contributed by atoms with Gasteiger partial charge in [0.05, 0.1) is 11.0 Å². The molecule has 162 valence electrons. The predicted molar refractivity (Wildman–Crippen MR) is 145 cm³/mol. The van der Waals surface area contributed by atoms with Gasteiger partial charge in [-0.1, -0.05) is 72.3 Å². The third kappa shape index (κ3) is 2.69. The Morgan fingerprint density at radius 3 is 1.85 bits per heavy atom. The van der Waals surface area contributed by atoms with Crippen molar-refractivity contribution in [2.45, 2.75) is 6.92 Å². The Balaban J connectivity index is 1.47. The fourth-order valence-electron chi connectivity index (χ4n) is 5.46. The minimum Gasteiger partial charge on any atom is -0.344 e. The van der Waals surface area contributed by atoms with Gasteiger partial charge in [0, 0.05) is 45.3 Å². The predicted octanol–water partition coefficient (Wildman–Crippen LogP) is 8.40. The maximum atomic E-state index is 2.38. The molecule has 0 spiro atoms. The minimum absolute atomic E-state index is 1.20. The average Bonchev–Trinajstić information content (AvgIpc) is 3.36. The third-order valence-corrected chi connectivity index (χ3v) is 7.21. The zero-order valence-electron chi connectivity index (χ0n) is 19.3. The van der Waals surface area contributed by atoms with E-state index in [2.05, 4.69) is 132 Å². The molecule has 0 saturated heterocycles. The van der Waals surface area contributed by atoms with E-state index in [1.54, 1.807) is 0 Å². The van der Waals surface area contributed by atoms with Crippen LogP contribution in [0.1, 0.15) is 5.56 Å². The fourth-order valence-corrected chi connectivity index (χ4v) is 5.46. The van der Waals surface area contributed by atoms with E-state index in [0.717, 1.165) is 0 Å². The van der Waals surface area contributed by atoms with Crippen molar-refractivity contribution in [2.24, 2.45) is 7.05 Å². The monoisotopic (exact) mass is 436 g/mol. The highest BCUT2D eigenvalue weighted by atomic mass is 15.0. The number of aryl methyl sites for hydroxylation is 2. The second-order valence-corrected chi connectivity index (χ2v) is 9.23. The molecule has 0 saturated carbocycles. The van der Waals surface area contributed by atoms with Crippen LogP contribution in [0, 0.1) is 6.92 Å². The van der Waals surface area contributed by atoms with Crippen LogP contribution in [0.25, 0.3) is 60.4 Å². The molecule has 0 amide bonds. The summed E-state index contributed by atoms with van der Waals surface area (Å²) < 4.78 is 4.68. The van der Waals surface area contributed by atoms with Gasteiger partial charge in [0.25, 0.3) is 0 Å². The lowest BCUT2D eigenvalue weighted by molar-refractivity contribution is 1.01. The molecule has 7 rings (SSSR count). The van der Waals surface area contributed by atoms with Crippen LogP contribution >= 0.6 is 0 Å². The minimum atomic E-state index is 1.20. The molecule has 5 aromatic carbocycles. The number of nitrogens with zero attached hydrogens (tertiary/aromatic N) is 2. The first-order chi connectivity index (χ1) is 16.7. The van der Waals surface area contributed by atoms with E-state index < -0.39 is 0 Å². The lowest BCUT2D eigenvalue weighted by atomic mass is 10.0. The van der Waals surface area contributed by atoms with E-state index in [-0.39, 0.29) is 0 Å². The Morgan fingerprint density at radius 2 is 1.06 bits per heavy atom. The summed E-state index contributed by atoms with van der Waals surface area (Å²) in [6.45, 7) is 2.13. The van der Waals surface area contributed by atoms with Gasteiger partial charge in [0.1, 0.15) is 0 Å².